The Labute approximate surface area is 176 Å². The van der Waals surface area contributed by atoms with Crippen molar-refractivity contribution >= 4 is 17.7 Å². The van der Waals surface area contributed by atoms with E-state index in [9.17, 15) is 4.79 Å². The van der Waals surface area contributed by atoms with Gasteiger partial charge in [-0.2, -0.15) is 0 Å². The molecule has 3 rings (SSSR count). The molecule has 0 unspecified atom stereocenters. The van der Waals surface area contributed by atoms with Gasteiger partial charge in [-0.05, 0) is 35.4 Å². The van der Waals surface area contributed by atoms with Gasteiger partial charge in [0, 0.05) is 12.1 Å². The van der Waals surface area contributed by atoms with Crippen molar-refractivity contribution < 1.29 is 4.79 Å². The number of hydrogen-bond acceptors (Lipinski definition) is 4. The van der Waals surface area contributed by atoms with Crippen molar-refractivity contribution in [3.8, 4) is 11.4 Å². The number of nitrogens with zero attached hydrogens (tertiary/aromatic N) is 2. The van der Waals surface area contributed by atoms with Crippen molar-refractivity contribution in [2.24, 2.45) is 0 Å². The molecule has 2 aromatic carbocycles. The van der Waals surface area contributed by atoms with Crippen molar-refractivity contribution in [2.75, 3.05) is 12.3 Å². The average molecular weight is 409 g/mol. The zero-order valence-electron chi connectivity index (χ0n) is 17.2. The van der Waals surface area contributed by atoms with Gasteiger partial charge < -0.3 is 5.32 Å². The van der Waals surface area contributed by atoms with Crippen LogP contribution < -0.4 is 5.32 Å². The first-order valence-electron chi connectivity index (χ1n) is 10.0. The molecule has 3 aromatic rings. The highest BCUT2D eigenvalue weighted by molar-refractivity contribution is 7.99. The van der Waals surface area contributed by atoms with Gasteiger partial charge in [0.1, 0.15) is 0 Å². The Hall–Kier alpha value is -2.60. The highest BCUT2D eigenvalue weighted by Gasteiger charge is 2.09. The molecule has 0 aliphatic carbocycles. The molecule has 0 atom stereocenters. The molecule has 0 saturated carbocycles. The number of aromatic amines is 1. The van der Waals surface area contributed by atoms with Crippen LogP contribution in [0, 0.1) is 0 Å². The lowest BCUT2D eigenvalue weighted by atomic mass is 10.0. The monoisotopic (exact) mass is 408 g/mol. The van der Waals surface area contributed by atoms with Gasteiger partial charge in [-0.1, -0.05) is 81.1 Å². The van der Waals surface area contributed by atoms with Crippen LogP contribution in [0.15, 0.2) is 53.7 Å². The van der Waals surface area contributed by atoms with E-state index in [1.807, 2.05) is 12.1 Å². The predicted molar refractivity (Wildman–Crippen MR) is 119 cm³/mol. The molecule has 6 heteroatoms. The van der Waals surface area contributed by atoms with Crippen LogP contribution in [0.2, 0.25) is 0 Å². The van der Waals surface area contributed by atoms with Gasteiger partial charge in [0.15, 0.2) is 5.82 Å². The zero-order valence-corrected chi connectivity index (χ0v) is 18.1. The molecule has 5 nitrogen and oxygen atoms in total. The van der Waals surface area contributed by atoms with Gasteiger partial charge in [-0.15, -0.1) is 5.10 Å². The highest BCUT2D eigenvalue weighted by atomic mass is 32.2. The Kier molecular flexibility index (Phi) is 7.47. The first kappa shape index (κ1) is 21.1. The van der Waals surface area contributed by atoms with Gasteiger partial charge >= 0.3 is 0 Å². The molecule has 152 valence electrons. The van der Waals surface area contributed by atoms with Crippen LogP contribution in [0.25, 0.3) is 11.4 Å². The summed E-state index contributed by atoms with van der Waals surface area (Å²) in [5, 5.41) is 10.7. The fourth-order valence-electron chi connectivity index (χ4n) is 2.93. The largest absolute Gasteiger partial charge is 0.355 e. The number of aromatic nitrogens is 3. The lowest BCUT2D eigenvalue weighted by Gasteiger charge is -2.07. The second-order valence-electron chi connectivity index (χ2n) is 7.30. The molecule has 29 heavy (non-hydrogen) atoms. The minimum absolute atomic E-state index is 0.00699. The van der Waals surface area contributed by atoms with E-state index in [-0.39, 0.29) is 5.91 Å². The van der Waals surface area contributed by atoms with Gasteiger partial charge in [0.25, 0.3) is 0 Å². The summed E-state index contributed by atoms with van der Waals surface area (Å²) in [4.78, 5) is 16.6. The van der Waals surface area contributed by atoms with Crippen LogP contribution in [-0.2, 0) is 17.6 Å². The van der Waals surface area contributed by atoms with Crippen LogP contribution >= 0.6 is 11.8 Å². The number of hydrogen-bond donors (Lipinski definition) is 2. The van der Waals surface area contributed by atoms with Crippen molar-refractivity contribution in [2.45, 2.75) is 44.7 Å². The fraction of sp³-hybridized carbons (Fsp3) is 0.348. The Bertz CT molecular complexity index is 917. The first-order chi connectivity index (χ1) is 14.0. The maximum absolute atomic E-state index is 12.1. The van der Waals surface area contributed by atoms with Crippen molar-refractivity contribution in [3.63, 3.8) is 0 Å². The minimum Gasteiger partial charge on any atom is -0.355 e. The Balaban J connectivity index is 1.42. The molecule has 0 bridgehead atoms. The molecule has 0 fully saturated rings. The topological polar surface area (TPSA) is 70.7 Å². The molecule has 2 N–H and O–H groups in total. The highest BCUT2D eigenvalue weighted by Crippen LogP contribution is 2.20. The number of nitrogens with one attached hydrogen (secondary N) is 2. The number of carbonyl (C=O) groups excluding carboxylic acids is 1. The molecular formula is C23H28N4OS. The molecule has 0 aliphatic rings. The summed E-state index contributed by atoms with van der Waals surface area (Å²) in [6.07, 6.45) is 1.84. The molecule has 0 radical (unpaired) electrons. The maximum atomic E-state index is 12.1. The summed E-state index contributed by atoms with van der Waals surface area (Å²) >= 11 is 1.34. The van der Waals surface area contributed by atoms with Crippen LogP contribution in [0.5, 0.6) is 0 Å². The Morgan fingerprint density at radius 2 is 1.76 bits per heavy atom. The summed E-state index contributed by atoms with van der Waals surface area (Å²) in [5.74, 6) is 1.55. The minimum atomic E-state index is -0.00699. The van der Waals surface area contributed by atoms with Gasteiger partial charge in [0.2, 0.25) is 11.1 Å². The number of aryl methyl sites for hydroxylation is 1. The first-order valence-corrected chi connectivity index (χ1v) is 11.0. The summed E-state index contributed by atoms with van der Waals surface area (Å²) < 4.78 is 0. The van der Waals surface area contributed by atoms with Crippen LogP contribution in [0.4, 0.5) is 0 Å². The average Bonchev–Trinajstić information content (AvgIpc) is 3.22. The van der Waals surface area contributed by atoms with E-state index in [0.29, 0.717) is 23.4 Å². The Morgan fingerprint density at radius 1 is 1.07 bits per heavy atom. The van der Waals surface area contributed by atoms with Gasteiger partial charge in [-0.25, -0.2) is 4.98 Å². The number of thioether (sulfide) groups is 1. The second kappa shape index (κ2) is 10.3. The van der Waals surface area contributed by atoms with Crippen LogP contribution in [0.3, 0.4) is 0 Å². The van der Waals surface area contributed by atoms with E-state index in [1.54, 1.807) is 0 Å². The van der Waals surface area contributed by atoms with Gasteiger partial charge in [-0.3, -0.25) is 9.89 Å². The van der Waals surface area contributed by atoms with Gasteiger partial charge in [0.05, 0.1) is 5.75 Å². The predicted octanol–water partition coefficient (Wildman–Crippen LogP) is 4.61. The third-order valence-corrected chi connectivity index (χ3v) is 5.66. The molecule has 0 aliphatic heterocycles. The summed E-state index contributed by atoms with van der Waals surface area (Å²) in [7, 11) is 0. The number of rotatable bonds is 9. The number of benzene rings is 2. The molecule has 1 heterocycles. The van der Waals surface area contributed by atoms with E-state index < -0.39 is 0 Å². The van der Waals surface area contributed by atoms with Crippen molar-refractivity contribution in [3.05, 3.63) is 65.2 Å². The van der Waals surface area contributed by atoms with E-state index in [2.05, 4.69) is 77.7 Å². The maximum Gasteiger partial charge on any atom is 0.230 e. The fourth-order valence-corrected chi connectivity index (χ4v) is 3.56. The number of carbonyl (C=O) groups is 1. The number of H-pyrrole nitrogens is 1. The molecule has 0 saturated heterocycles. The van der Waals surface area contributed by atoms with Crippen LogP contribution in [0.1, 0.15) is 43.4 Å². The normalized spacial score (nSPS) is 11.0. The quantitative estimate of drug-likeness (QED) is 0.507. The standard InChI is InChI=1S/C23H28N4OS/c1-4-17-5-11-20(12-6-17)22-25-23(27-26-22)29-15-21(28)24-14-13-18-7-9-19(10-8-18)16(2)3/h5-12,16H,4,13-15H2,1-3H3,(H,24,28)(H,25,26,27). The summed E-state index contributed by atoms with van der Waals surface area (Å²) in [6.45, 7) is 7.13. The third kappa shape index (κ3) is 6.19. The molecule has 1 aromatic heterocycles. The van der Waals surface area contributed by atoms with E-state index >= 15 is 0 Å². The number of amides is 1. The van der Waals surface area contributed by atoms with E-state index in [1.165, 1.54) is 28.5 Å². The van der Waals surface area contributed by atoms with E-state index in [4.69, 9.17) is 0 Å². The zero-order chi connectivity index (χ0) is 20.6. The lowest BCUT2D eigenvalue weighted by molar-refractivity contribution is -0.118. The molecule has 0 spiro atoms. The smallest absolute Gasteiger partial charge is 0.230 e. The Morgan fingerprint density at radius 3 is 2.41 bits per heavy atom. The summed E-state index contributed by atoms with van der Waals surface area (Å²) in [6, 6.07) is 16.9. The van der Waals surface area contributed by atoms with Crippen molar-refractivity contribution in [1.82, 2.24) is 20.5 Å². The second-order valence-corrected chi connectivity index (χ2v) is 8.24. The van der Waals surface area contributed by atoms with E-state index in [0.717, 1.165) is 24.2 Å². The third-order valence-electron chi connectivity index (χ3n) is 4.82. The van der Waals surface area contributed by atoms with Crippen LogP contribution in [-0.4, -0.2) is 33.4 Å². The van der Waals surface area contributed by atoms with Crippen molar-refractivity contribution in [1.29, 1.82) is 0 Å². The molecular weight excluding hydrogens is 380 g/mol. The SMILES string of the molecule is CCc1ccc(-c2nc(SCC(=O)NCCc3ccc(C(C)C)cc3)n[nH]2)cc1. The summed E-state index contributed by atoms with van der Waals surface area (Å²) in [5.41, 5.74) is 4.85. The lowest BCUT2D eigenvalue weighted by Crippen LogP contribution is -2.27. The molecule has 1 amide bonds.